The van der Waals surface area contributed by atoms with Crippen LogP contribution in [-0.2, 0) is 11.0 Å². The van der Waals surface area contributed by atoms with Crippen LogP contribution >= 0.6 is 0 Å². The Morgan fingerprint density at radius 3 is 2.52 bits per heavy atom. The van der Waals surface area contributed by atoms with Gasteiger partial charge < -0.3 is 15.1 Å². The fourth-order valence-electron chi connectivity index (χ4n) is 4.60. The van der Waals surface area contributed by atoms with Gasteiger partial charge >= 0.3 is 6.18 Å². The van der Waals surface area contributed by atoms with E-state index >= 15 is 0 Å². The maximum atomic E-state index is 12.7. The number of amides is 1. The Balaban J connectivity index is 1.27. The smallest absolute Gasteiger partial charge is 0.354 e. The Bertz CT molecular complexity index is 718. The predicted molar refractivity (Wildman–Crippen MR) is 104 cm³/mol. The first kappa shape index (κ1) is 20.4. The van der Waals surface area contributed by atoms with Gasteiger partial charge in [0.25, 0.3) is 0 Å². The first-order valence-electron chi connectivity index (χ1n) is 10.4. The summed E-state index contributed by atoms with van der Waals surface area (Å²) in [6, 6.07) is 2.76. The van der Waals surface area contributed by atoms with E-state index < -0.39 is 11.7 Å². The molecule has 0 radical (unpaired) electrons. The quantitative estimate of drug-likeness (QED) is 0.823. The van der Waals surface area contributed by atoms with E-state index in [9.17, 15) is 18.0 Å². The van der Waals surface area contributed by atoms with E-state index in [1.54, 1.807) is 0 Å². The van der Waals surface area contributed by atoms with Crippen molar-refractivity contribution in [1.82, 2.24) is 20.1 Å². The number of halogens is 3. The SMILES string of the molecule is CC1CCN(C(=O)[C@@H]2C[C@H](N3CCN(c4ccc(C(F)(F)F)cn4)CC3)CN2)C1. The summed E-state index contributed by atoms with van der Waals surface area (Å²) in [5.41, 5.74) is -0.722. The maximum Gasteiger partial charge on any atom is 0.417 e. The molecule has 1 unspecified atom stereocenters. The van der Waals surface area contributed by atoms with Gasteiger partial charge in [0.1, 0.15) is 5.82 Å². The van der Waals surface area contributed by atoms with Gasteiger partial charge in [-0.25, -0.2) is 4.98 Å². The number of alkyl halides is 3. The number of piperazine rings is 1. The molecule has 9 heteroatoms. The zero-order chi connectivity index (χ0) is 20.6. The van der Waals surface area contributed by atoms with Crippen LogP contribution in [0, 0.1) is 5.92 Å². The number of carbonyl (C=O) groups is 1. The molecule has 1 amide bonds. The maximum absolute atomic E-state index is 12.7. The van der Waals surface area contributed by atoms with Gasteiger partial charge in [-0.15, -0.1) is 0 Å². The normalized spacial score (nSPS) is 28.9. The minimum absolute atomic E-state index is 0.0973. The summed E-state index contributed by atoms with van der Waals surface area (Å²) in [6.45, 7) is 7.78. The average Bonchev–Trinajstić information content (AvgIpc) is 3.36. The molecule has 0 spiro atoms. The molecule has 0 saturated carbocycles. The first-order chi connectivity index (χ1) is 13.8. The second-order valence-electron chi connectivity index (χ2n) is 8.45. The van der Waals surface area contributed by atoms with E-state index in [4.69, 9.17) is 0 Å². The first-order valence-corrected chi connectivity index (χ1v) is 10.4. The number of pyridine rings is 1. The fraction of sp³-hybridized carbons (Fsp3) is 0.700. The topological polar surface area (TPSA) is 51.7 Å². The molecular weight excluding hydrogens is 383 g/mol. The molecule has 6 nitrogen and oxygen atoms in total. The molecule has 3 atom stereocenters. The number of likely N-dealkylation sites (tertiary alicyclic amines) is 1. The Kier molecular flexibility index (Phi) is 5.70. The van der Waals surface area contributed by atoms with Crippen LogP contribution in [-0.4, -0.2) is 78.6 Å². The van der Waals surface area contributed by atoms with Gasteiger partial charge in [-0.2, -0.15) is 13.2 Å². The molecule has 160 valence electrons. The van der Waals surface area contributed by atoms with Crippen LogP contribution in [0.25, 0.3) is 0 Å². The van der Waals surface area contributed by atoms with Crippen molar-refractivity contribution in [2.75, 3.05) is 50.7 Å². The van der Waals surface area contributed by atoms with Crippen LogP contribution in [0.3, 0.4) is 0 Å². The summed E-state index contributed by atoms with van der Waals surface area (Å²) in [6.07, 6.45) is -1.55. The van der Waals surface area contributed by atoms with Crippen molar-refractivity contribution in [2.24, 2.45) is 5.92 Å². The van der Waals surface area contributed by atoms with E-state index in [0.29, 0.717) is 17.8 Å². The molecule has 4 rings (SSSR count). The summed E-state index contributed by atoms with van der Waals surface area (Å²) in [4.78, 5) is 23.1. The lowest BCUT2D eigenvalue weighted by Gasteiger charge is -2.38. The zero-order valence-corrected chi connectivity index (χ0v) is 16.7. The van der Waals surface area contributed by atoms with Crippen LogP contribution in [0.5, 0.6) is 0 Å². The number of nitrogens with zero attached hydrogens (tertiary/aromatic N) is 4. The Hall–Kier alpha value is -1.87. The van der Waals surface area contributed by atoms with Crippen molar-refractivity contribution in [3.05, 3.63) is 23.9 Å². The molecule has 29 heavy (non-hydrogen) atoms. The van der Waals surface area contributed by atoms with Crippen molar-refractivity contribution in [3.63, 3.8) is 0 Å². The van der Waals surface area contributed by atoms with Gasteiger partial charge in [0.2, 0.25) is 5.91 Å². The highest BCUT2D eigenvalue weighted by molar-refractivity contribution is 5.82. The van der Waals surface area contributed by atoms with Crippen molar-refractivity contribution < 1.29 is 18.0 Å². The largest absolute Gasteiger partial charge is 0.417 e. The van der Waals surface area contributed by atoms with Crippen LogP contribution in [0.2, 0.25) is 0 Å². The van der Waals surface area contributed by atoms with E-state index in [-0.39, 0.29) is 11.9 Å². The predicted octanol–water partition coefficient (Wildman–Crippen LogP) is 1.82. The number of hydrogen-bond donors (Lipinski definition) is 1. The lowest BCUT2D eigenvalue weighted by Crippen LogP contribution is -2.51. The molecule has 0 bridgehead atoms. The number of rotatable bonds is 3. The van der Waals surface area contributed by atoms with Crippen LogP contribution in [0.1, 0.15) is 25.3 Å². The molecule has 4 heterocycles. The third-order valence-electron chi connectivity index (χ3n) is 6.37. The molecule has 0 aromatic carbocycles. The number of aromatic nitrogens is 1. The van der Waals surface area contributed by atoms with Crippen LogP contribution in [0.15, 0.2) is 18.3 Å². The van der Waals surface area contributed by atoms with Crippen molar-refractivity contribution in [2.45, 2.75) is 38.0 Å². The molecule has 3 aliphatic heterocycles. The van der Waals surface area contributed by atoms with Crippen LogP contribution < -0.4 is 10.2 Å². The van der Waals surface area contributed by atoms with Gasteiger partial charge in [-0.3, -0.25) is 9.69 Å². The average molecular weight is 411 g/mol. The van der Waals surface area contributed by atoms with Crippen molar-refractivity contribution >= 4 is 11.7 Å². The number of carbonyl (C=O) groups excluding carboxylic acids is 1. The highest BCUT2D eigenvalue weighted by Crippen LogP contribution is 2.29. The van der Waals surface area contributed by atoms with Gasteiger partial charge in [-0.05, 0) is 30.9 Å². The van der Waals surface area contributed by atoms with E-state index in [0.717, 1.165) is 70.9 Å². The second kappa shape index (κ2) is 8.10. The van der Waals surface area contributed by atoms with Gasteiger partial charge in [0.05, 0.1) is 11.6 Å². The molecule has 3 aliphatic rings. The zero-order valence-electron chi connectivity index (χ0n) is 16.7. The summed E-state index contributed by atoms with van der Waals surface area (Å²) in [5, 5.41) is 3.39. The lowest BCUT2D eigenvalue weighted by molar-refractivity contribution is -0.137. The summed E-state index contributed by atoms with van der Waals surface area (Å²) >= 11 is 0. The van der Waals surface area contributed by atoms with Crippen molar-refractivity contribution in [1.29, 1.82) is 0 Å². The second-order valence-corrected chi connectivity index (χ2v) is 8.45. The molecule has 1 aromatic rings. The molecule has 1 aromatic heterocycles. The standard InChI is InChI=1S/C20H28F3N5O/c1-14-4-5-28(13-14)19(29)17-10-16(12-24-17)26-6-8-27(9-7-26)18-3-2-15(11-25-18)20(21,22)23/h2-3,11,14,16-17,24H,4-10,12-13H2,1H3/t14?,16-,17-/m0/s1. The van der Waals surface area contributed by atoms with Crippen molar-refractivity contribution in [3.8, 4) is 0 Å². The van der Waals surface area contributed by atoms with E-state index in [1.807, 2.05) is 9.80 Å². The third-order valence-corrected chi connectivity index (χ3v) is 6.37. The highest BCUT2D eigenvalue weighted by atomic mass is 19.4. The Morgan fingerprint density at radius 1 is 1.17 bits per heavy atom. The fourth-order valence-corrected chi connectivity index (χ4v) is 4.60. The summed E-state index contributed by atoms with van der Waals surface area (Å²) in [5.74, 6) is 1.39. The van der Waals surface area contributed by atoms with Gasteiger partial charge in [-0.1, -0.05) is 6.92 Å². The summed E-state index contributed by atoms with van der Waals surface area (Å²) in [7, 11) is 0. The Morgan fingerprint density at radius 2 is 1.93 bits per heavy atom. The molecule has 3 saturated heterocycles. The van der Waals surface area contributed by atoms with E-state index in [2.05, 4.69) is 22.1 Å². The summed E-state index contributed by atoms with van der Waals surface area (Å²) < 4.78 is 38.1. The van der Waals surface area contributed by atoms with Gasteiger partial charge in [0, 0.05) is 58.1 Å². The number of anilines is 1. The minimum Gasteiger partial charge on any atom is -0.354 e. The third kappa shape index (κ3) is 4.50. The monoisotopic (exact) mass is 411 g/mol. The molecule has 3 fully saturated rings. The van der Waals surface area contributed by atoms with Crippen LogP contribution in [0.4, 0.5) is 19.0 Å². The highest BCUT2D eigenvalue weighted by Gasteiger charge is 2.37. The lowest BCUT2D eigenvalue weighted by atomic mass is 10.1. The van der Waals surface area contributed by atoms with Gasteiger partial charge in [0.15, 0.2) is 0 Å². The molecular formula is C20H28F3N5O. The minimum atomic E-state index is -4.36. The molecule has 0 aliphatic carbocycles. The molecule has 1 N–H and O–H groups in total. The van der Waals surface area contributed by atoms with E-state index in [1.165, 1.54) is 6.07 Å². The number of nitrogens with one attached hydrogen (secondary N) is 1. The number of hydrogen-bond acceptors (Lipinski definition) is 5. The Labute approximate surface area is 169 Å².